The number of aryl methyl sites for hydroxylation is 1. The molecule has 0 aliphatic rings. The number of hydrogen-bond acceptors (Lipinski definition) is 4. The molecule has 0 unspecified atom stereocenters. The van der Waals surface area contributed by atoms with Crippen molar-refractivity contribution in [1.29, 1.82) is 0 Å². The Labute approximate surface area is 169 Å². The van der Waals surface area contributed by atoms with Crippen LogP contribution in [0.3, 0.4) is 0 Å². The minimum atomic E-state index is -1.11. The quantitative estimate of drug-likeness (QED) is 0.634. The van der Waals surface area contributed by atoms with Crippen molar-refractivity contribution in [3.8, 4) is 0 Å². The second kappa shape index (κ2) is 11.3. The van der Waals surface area contributed by atoms with E-state index >= 15 is 0 Å². The minimum absolute atomic E-state index is 0.0568. The number of carbonyl (C=O) groups excluding carboxylic acids is 2. The normalized spacial score (nSPS) is 12.8. The molecule has 0 bridgehead atoms. The van der Waals surface area contributed by atoms with Gasteiger partial charge in [-0.15, -0.1) is 0 Å². The Morgan fingerprint density at radius 2 is 1.61 bits per heavy atom. The summed E-state index contributed by atoms with van der Waals surface area (Å²) in [6.07, 6.45) is 2.20. The summed E-state index contributed by atoms with van der Waals surface area (Å²) in [5, 5.41) is 12.1. The summed E-state index contributed by atoms with van der Waals surface area (Å²) in [6.45, 7) is 1.47. The molecule has 0 radical (unpaired) electrons. The topological polar surface area (TPSA) is 83.5 Å². The van der Waals surface area contributed by atoms with Gasteiger partial charge in [0.05, 0.1) is 0 Å². The molecule has 0 saturated heterocycles. The number of thioether (sulfide) groups is 1. The van der Waals surface area contributed by atoms with Gasteiger partial charge in [0.15, 0.2) is 11.2 Å². The molecule has 2 aromatic carbocycles. The van der Waals surface area contributed by atoms with Crippen molar-refractivity contribution in [3.05, 3.63) is 71.8 Å². The van der Waals surface area contributed by atoms with Crippen LogP contribution in [0.1, 0.15) is 36.9 Å². The first-order valence-electron chi connectivity index (χ1n) is 9.22. The van der Waals surface area contributed by atoms with Gasteiger partial charge in [0.25, 0.3) is 0 Å². The summed E-state index contributed by atoms with van der Waals surface area (Å²) in [5.41, 5.74) is 1.71. The van der Waals surface area contributed by atoms with Gasteiger partial charge in [0, 0.05) is 18.6 Å². The fourth-order valence-electron chi connectivity index (χ4n) is 2.90. The third kappa shape index (κ3) is 7.19. The van der Waals surface area contributed by atoms with E-state index in [1.807, 2.05) is 30.3 Å². The lowest BCUT2D eigenvalue weighted by Gasteiger charge is -2.20. The van der Waals surface area contributed by atoms with Crippen LogP contribution >= 0.6 is 11.8 Å². The molecule has 28 heavy (non-hydrogen) atoms. The molecule has 0 heterocycles. The van der Waals surface area contributed by atoms with Crippen LogP contribution in [-0.4, -0.2) is 27.9 Å². The molecule has 148 valence electrons. The molecule has 6 heteroatoms. The van der Waals surface area contributed by atoms with Crippen LogP contribution in [0.5, 0.6) is 0 Å². The highest BCUT2D eigenvalue weighted by molar-refractivity contribution is 8.13. The number of rotatable bonds is 10. The number of benzene rings is 2. The first-order valence-corrected chi connectivity index (χ1v) is 10.2. The second-order valence-electron chi connectivity index (χ2n) is 6.57. The average Bonchev–Trinajstić information content (AvgIpc) is 2.69. The maximum absolute atomic E-state index is 12.8. The molecule has 0 fully saturated rings. The average molecular weight is 400 g/mol. The molecule has 0 saturated carbocycles. The zero-order valence-electron chi connectivity index (χ0n) is 15.8. The first kappa shape index (κ1) is 21.7. The van der Waals surface area contributed by atoms with Crippen LogP contribution in [0.2, 0.25) is 0 Å². The molecule has 1 amide bonds. The van der Waals surface area contributed by atoms with Crippen LogP contribution in [-0.2, 0) is 20.8 Å². The van der Waals surface area contributed by atoms with Gasteiger partial charge in [-0.3, -0.25) is 9.59 Å². The van der Waals surface area contributed by atoms with Crippen LogP contribution < -0.4 is 5.32 Å². The third-order valence-corrected chi connectivity index (χ3v) is 5.36. The Bertz CT molecular complexity index is 780. The molecule has 0 aliphatic carbocycles. The molecule has 5 nitrogen and oxygen atoms in total. The van der Waals surface area contributed by atoms with E-state index in [2.05, 4.69) is 5.32 Å². The lowest BCUT2D eigenvalue weighted by atomic mass is 9.99. The standard InChI is InChI=1S/C22H25NO4S/c1-16(24)28-15-19(14-8-11-17-9-4-2-5-10-17)21(25)23-20(22(26)27)18-12-6-3-7-13-18/h2-7,9-10,12-13,19-20H,8,11,14-15H2,1H3,(H,23,25)(H,26,27)/t19-,20-/m1/s1. The van der Waals surface area contributed by atoms with E-state index in [0.29, 0.717) is 17.7 Å². The number of amides is 1. The van der Waals surface area contributed by atoms with Crippen LogP contribution in [0.25, 0.3) is 0 Å². The van der Waals surface area contributed by atoms with Gasteiger partial charge in [0.1, 0.15) is 0 Å². The van der Waals surface area contributed by atoms with E-state index in [4.69, 9.17) is 0 Å². The van der Waals surface area contributed by atoms with Gasteiger partial charge in [-0.2, -0.15) is 0 Å². The second-order valence-corrected chi connectivity index (χ2v) is 7.76. The summed E-state index contributed by atoms with van der Waals surface area (Å²) in [5.74, 6) is -1.53. The highest BCUT2D eigenvalue weighted by Gasteiger charge is 2.26. The SMILES string of the molecule is CC(=O)SC[C@@H](CCCc1ccccc1)C(=O)N[C@@H](C(=O)O)c1ccccc1. The summed E-state index contributed by atoms with van der Waals surface area (Å²) >= 11 is 1.10. The van der Waals surface area contributed by atoms with Crippen molar-refractivity contribution < 1.29 is 19.5 Å². The van der Waals surface area contributed by atoms with E-state index in [0.717, 1.165) is 24.6 Å². The summed E-state index contributed by atoms with van der Waals surface area (Å²) in [7, 11) is 0. The van der Waals surface area contributed by atoms with E-state index in [-0.39, 0.29) is 11.0 Å². The van der Waals surface area contributed by atoms with Gasteiger partial charge in [-0.25, -0.2) is 4.79 Å². The lowest BCUT2D eigenvalue weighted by Crippen LogP contribution is -2.38. The van der Waals surface area contributed by atoms with Gasteiger partial charge in [-0.1, -0.05) is 72.4 Å². The first-order chi connectivity index (χ1) is 13.5. The van der Waals surface area contributed by atoms with Gasteiger partial charge < -0.3 is 10.4 Å². The molecular weight excluding hydrogens is 374 g/mol. The predicted octanol–water partition coefficient (Wildman–Crippen LogP) is 3.85. The zero-order valence-corrected chi connectivity index (χ0v) is 16.7. The Kier molecular flexibility index (Phi) is 8.75. The largest absolute Gasteiger partial charge is 0.479 e. The maximum atomic E-state index is 12.8. The number of carboxylic acid groups (broad SMARTS) is 1. The number of aliphatic carboxylic acids is 1. The smallest absolute Gasteiger partial charge is 0.330 e. The van der Waals surface area contributed by atoms with E-state index in [1.165, 1.54) is 12.5 Å². The Morgan fingerprint density at radius 1 is 1.00 bits per heavy atom. The number of carbonyl (C=O) groups is 3. The van der Waals surface area contributed by atoms with Gasteiger partial charge >= 0.3 is 5.97 Å². The molecule has 2 rings (SSSR count). The molecule has 2 aromatic rings. The highest BCUT2D eigenvalue weighted by Crippen LogP contribution is 2.20. The van der Waals surface area contributed by atoms with Crippen LogP contribution in [0.4, 0.5) is 0 Å². The lowest BCUT2D eigenvalue weighted by molar-refractivity contribution is -0.142. The predicted molar refractivity (Wildman–Crippen MR) is 111 cm³/mol. The number of nitrogens with one attached hydrogen (secondary N) is 1. The monoisotopic (exact) mass is 399 g/mol. The summed E-state index contributed by atoms with van der Waals surface area (Å²) in [6, 6.07) is 17.5. The maximum Gasteiger partial charge on any atom is 0.330 e. The minimum Gasteiger partial charge on any atom is -0.479 e. The van der Waals surface area contributed by atoms with Gasteiger partial charge in [-0.05, 0) is 30.4 Å². The zero-order chi connectivity index (χ0) is 20.4. The van der Waals surface area contributed by atoms with Gasteiger partial charge in [0.2, 0.25) is 5.91 Å². The molecular formula is C22H25NO4S. The summed E-state index contributed by atoms with van der Waals surface area (Å²) < 4.78 is 0. The molecule has 0 aromatic heterocycles. The number of hydrogen-bond donors (Lipinski definition) is 2. The molecule has 0 aliphatic heterocycles. The molecule has 0 spiro atoms. The van der Waals surface area contributed by atoms with E-state index in [9.17, 15) is 19.5 Å². The molecule has 2 atom stereocenters. The Morgan fingerprint density at radius 3 is 2.18 bits per heavy atom. The Balaban J connectivity index is 2.02. The number of carboxylic acids is 1. The van der Waals surface area contributed by atoms with E-state index in [1.54, 1.807) is 30.3 Å². The fourth-order valence-corrected chi connectivity index (χ4v) is 3.65. The van der Waals surface area contributed by atoms with Crippen molar-refractivity contribution in [3.63, 3.8) is 0 Å². The van der Waals surface area contributed by atoms with Crippen molar-refractivity contribution in [1.82, 2.24) is 5.32 Å². The third-order valence-electron chi connectivity index (χ3n) is 4.39. The molecule has 2 N–H and O–H groups in total. The Hall–Kier alpha value is -2.60. The van der Waals surface area contributed by atoms with Crippen molar-refractivity contribution in [2.45, 2.75) is 32.2 Å². The van der Waals surface area contributed by atoms with Crippen molar-refractivity contribution >= 4 is 28.8 Å². The highest BCUT2D eigenvalue weighted by atomic mass is 32.2. The van der Waals surface area contributed by atoms with Crippen LogP contribution in [0, 0.1) is 5.92 Å². The fraction of sp³-hybridized carbons (Fsp3) is 0.318. The summed E-state index contributed by atoms with van der Waals surface area (Å²) in [4.78, 5) is 35.8. The van der Waals surface area contributed by atoms with Crippen LogP contribution in [0.15, 0.2) is 60.7 Å². The van der Waals surface area contributed by atoms with Crippen molar-refractivity contribution in [2.75, 3.05) is 5.75 Å². The van der Waals surface area contributed by atoms with Crippen molar-refractivity contribution in [2.24, 2.45) is 5.92 Å². The van der Waals surface area contributed by atoms with E-state index < -0.39 is 17.9 Å².